The highest BCUT2D eigenvalue weighted by molar-refractivity contribution is 7.19. The molecule has 0 radical (unpaired) electrons. The van der Waals surface area contributed by atoms with E-state index in [1.54, 1.807) is 69.8 Å². The molecule has 14 aromatic rings. The van der Waals surface area contributed by atoms with Gasteiger partial charge in [-0.25, -0.2) is 4.98 Å². The van der Waals surface area contributed by atoms with E-state index in [1.807, 2.05) is 36.5 Å². The van der Waals surface area contributed by atoms with Gasteiger partial charge >= 0.3 is 0 Å². The maximum absolute atomic E-state index is 10.9. The van der Waals surface area contributed by atoms with Crippen molar-refractivity contribution in [3.63, 3.8) is 0 Å². The zero-order valence-electron chi connectivity index (χ0n) is 72.5. The summed E-state index contributed by atoms with van der Waals surface area (Å²) in [6.45, 7) is 12.9. The summed E-state index contributed by atoms with van der Waals surface area (Å²) in [5.74, 6) is 1.58. The molecular weight excluding hydrogens is 1110 g/mol. The summed E-state index contributed by atoms with van der Waals surface area (Å²) in [5, 5.41) is -2.01. The van der Waals surface area contributed by atoms with Gasteiger partial charge in [-0.15, -0.1) is 0 Å². The number of aryl methyl sites for hydroxylation is 1. The molecule has 90 heavy (non-hydrogen) atoms. The Kier molecular flexibility index (Phi) is 8.99. The summed E-state index contributed by atoms with van der Waals surface area (Å²) in [4.78, 5) is 4.98. The van der Waals surface area contributed by atoms with E-state index >= 15 is 0 Å². The lowest BCUT2D eigenvalue weighted by atomic mass is 9.82. The standard InChI is InChI=1S/C84H72N4OSi/c1-57-25-18-19-36-69(57)72-38-24-37-70(60-26-22-35-68(49-60)90(65-29-12-9-13-30-65,66-31-14-10-15-32-66)67-33-16-11-17-34-67)81(72)87-56-86(77-39-20-21-40-78(77)87)62-27-23-28-63(53-62)89-64-43-44-71-73-50-58(59-41-45-74-75(51-59)84(7,8)55-83(74,5)6)42-46-76(73)88(79(71)54-64)80-52-61(47-48-85-80)82(2,3)4/h9-54H,55H2,1-8H3/i1D3,9D,10D,11D,12D,13D,14D,15D,16D,17D,22D,26D,29D,30D,31D,32D,33D,34D,35D,49D. The van der Waals surface area contributed by atoms with Crippen LogP contribution in [-0.2, 0) is 16.2 Å². The number of imidazole rings is 1. The zero-order chi connectivity index (χ0) is 80.6. The number of ether oxygens (including phenoxy) is 1. The third-order valence-corrected chi connectivity index (χ3v) is 21.5. The molecule has 6 heteroatoms. The van der Waals surface area contributed by atoms with Crippen LogP contribution in [-0.4, -0.2) is 22.2 Å². The molecule has 0 bridgehead atoms. The van der Waals surface area contributed by atoms with Gasteiger partial charge < -0.3 is 4.74 Å². The molecule has 0 saturated carbocycles. The number of aromatic nitrogens is 4. The van der Waals surface area contributed by atoms with Crippen molar-refractivity contribution in [2.75, 3.05) is 0 Å². The van der Waals surface area contributed by atoms with Crippen molar-refractivity contribution in [3.05, 3.63) is 307 Å². The molecule has 0 unspecified atom stereocenters. The van der Waals surface area contributed by atoms with Crippen LogP contribution in [0.2, 0.25) is 0 Å². The van der Waals surface area contributed by atoms with Crippen LogP contribution in [0.25, 0.3) is 83.4 Å². The largest absolute Gasteiger partial charge is 0.458 e. The fraction of sp³-hybridized carbons (Fsp3) is 0.143. The molecule has 0 saturated heterocycles. The number of nitrogens with zero attached hydrogens (tertiary/aromatic N) is 4. The fourth-order valence-electron chi connectivity index (χ4n) is 13.6. The number of hydrogen-bond acceptors (Lipinski definition) is 2. The molecule has 438 valence electrons. The molecule has 3 aromatic heterocycles. The summed E-state index contributed by atoms with van der Waals surface area (Å²) in [7, 11) is -6.31. The van der Waals surface area contributed by atoms with Crippen molar-refractivity contribution in [1.29, 1.82) is 0 Å². The van der Waals surface area contributed by atoms with Crippen molar-refractivity contribution in [2.45, 2.75) is 78.0 Å². The average Bonchev–Trinajstić information content (AvgIpc) is 0.866. The van der Waals surface area contributed by atoms with Crippen LogP contribution < -0.4 is 30.1 Å². The number of benzene rings is 11. The molecule has 3 heterocycles. The summed E-state index contributed by atoms with van der Waals surface area (Å²) < 4.78 is 220. The van der Waals surface area contributed by atoms with Gasteiger partial charge in [-0.05, 0) is 160 Å². The van der Waals surface area contributed by atoms with E-state index in [9.17, 15) is 13.7 Å². The van der Waals surface area contributed by atoms with E-state index in [2.05, 4.69) is 102 Å². The van der Waals surface area contributed by atoms with E-state index in [-0.39, 0.29) is 44.2 Å². The molecule has 11 aromatic carbocycles. The number of fused-ring (bicyclic) bond motifs is 5. The highest BCUT2D eigenvalue weighted by atomic mass is 28.3. The van der Waals surface area contributed by atoms with Crippen molar-refractivity contribution < 1.29 is 39.5 Å². The minimum absolute atomic E-state index is 0.00814. The van der Waals surface area contributed by atoms with Gasteiger partial charge in [-0.2, -0.15) is 0 Å². The van der Waals surface area contributed by atoms with E-state index in [0.717, 1.165) is 44.9 Å². The Morgan fingerprint density at radius 1 is 0.533 bits per heavy atom. The molecule has 15 rings (SSSR count). The molecule has 0 fully saturated rings. The minimum atomic E-state index is -6.31. The van der Waals surface area contributed by atoms with Crippen LogP contribution in [0.3, 0.4) is 0 Å². The Balaban J connectivity index is 0.964. The SMILES string of the molecule is [2H]c1c([2H])c([2H])c([Si](c2c([2H])c([2H])c([2H])c([2H])c2[2H])(c2c([2H])c([2H])c([2H])c([2H])c2[2H])c2c([2H])c([2H])c([2H])c(-c3cccc(-c4ccccc4C([2H])([2H])[2H])c3-[n+]3[c-]n(-c4cccc(Oc5ccc6c7cc(-c8ccc9c(c8)C(C)(C)CC9(C)C)ccc7n(-c7cc(C(C)(C)C)ccn7)c6c5)c4)c4ccccc43)c2[2H])c([2H])c1[2H]. The second kappa shape index (κ2) is 21.9. The lowest BCUT2D eigenvalue weighted by molar-refractivity contribution is -0.571. The maximum Gasteiger partial charge on any atom is 0.269 e. The summed E-state index contributed by atoms with van der Waals surface area (Å²) in [5.41, 5.74) is 8.18. The second-order valence-electron chi connectivity index (χ2n) is 25.2. The van der Waals surface area contributed by atoms with Crippen molar-refractivity contribution >= 4 is 61.7 Å². The van der Waals surface area contributed by atoms with Gasteiger partial charge in [-0.3, -0.25) is 13.7 Å². The average molecular weight is 1200 g/mol. The first-order valence-corrected chi connectivity index (χ1v) is 31.7. The Morgan fingerprint density at radius 3 is 1.92 bits per heavy atom. The Bertz CT molecular complexity index is 6140. The third kappa shape index (κ3) is 9.60. The van der Waals surface area contributed by atoms with Crippen molar-refractivity contribution in [2.24, 2.45) is 0 Å². The predicted molar refractivity (Wildman–Crippen MR) is 376 cm³/mol. The highest BCUT2D eigenvalue weighted by Gasteiger charge is 2.43. The van der Waals surface area contributed by atoms with E-state index in [0.29, 0.717) is 34.0 Å². The maximum atomic E-state index is 10.9. The van der Waals surface area contributed by atoms with Crippen molar-refractivity contribution in [3.8, 4) is 62.1 Å². The lowest BCUT2D eigenvalue weighted by Gasteiger charge is -2.34. The minimum Gasteiger partial charge on any atom is -0.458 e. The quantitative estimate of drug-likeness (QED) is 0.0529. The fourth-order valence-corrected chi connectivity index (χ4v) is 17.1. The summed E-state index contributed by atoms with van der Waals surface area (Å²) >= 11 is 0. The molecule has 1 aliphatic rings. The van der Waals surface area contributed by atoms with Crippen molar-refractivity contribution in [1.82, 2.24) is 14.1 Å². The van der Waals surface area contributed by atoms with Crippen LogP contribution in [0, 0.1) is 13.2 Å². The van der Waals surface area contributed by atoms with Crippen LogP contribution in [0.15, 0.2) is 279 Å². The molecule has 0 atom stereocenters. The Labute approximate surface area is 560 Å². The molecule has 5 nitrogen and oxygen atoms in total. The van der Waals surface area contributed by atoms with E-state index in [4.69, 9.17) is 26.2 Å². The molecule has 1 aliphatic carbocycles. The van der Waals surface area contributed by atoms with Gasteiger partial charge in [0, 0.05) is 27.1 Å². The van der Waals surface area contributed by atoms with E-state index in [1.165, 1.54) is 35.4 Å². The number of pyridine rings is 1. The van der Waals surface area contributed by atoms with Crippen LogP contribution in [0.4, 0.5) is 0 Å². The number of hydrogen-bond donors (Lipinski definition) is 0. The molecule has 0 spiro atoms. The Morgan fingerprint density at radius 2 is 1.18 bits per heavy atom. The first-order chi connectivity index (χ1) is 52.7. The molecular formula is C84H72N4OSi. The monoisotopic (exact) mass is 1200 g/mol. The third-order valence-electron chi connectivity index (χ3n) is 17.5. The summed E-state index contributed by atoms with van der Waals surface area (Å²) in [6.07, 6.45) is 6.36. The molecule has 0 aliphatic heterocycles. The van der Waals surface area contributed by atoms with Crippen LogP contribution in [0.1, 0.15) is 107 Å². The van der Waals surface area contributed by atoms with Crippen LogP contribution in [0.5, 0.6) is 11.5 Å². The first-order valence-electron chi connectivity index (χ1n) is 40.7. The van der Waals surface area contributed by atoms with Gasteiger partial charge in [0.25, 0.3) is 6.33 Å². The molecule has 0 N–H and O–H groups in total. The van der Waals surface area contributed by atoms with Gasteiger partial charge in [-0.1, -0.05) is 260 Å². The second-order valence-corrected chi connectivity index (χ2v) is 28.7. The lowest BCUT2D eigenvalue weighted by Crippen LogP contribution is -2.74. The highest BCUT2D eigenvalue weighted by Crippen LogP contribution is 2.50. The van der Waals surface area contributed by atoms with E-state index < -0.39 is 156 Å². The van der Waals surface area contributed by atoms with Gasteiger partial charge in [0.2, 0.25) is 0 Å². The Hall–Kier alpha value is -10.1. The zero-order valence-corrected chi connectivity index (χ0v) is 51.5. The number of rotatable bonds is 12. The number of para-hydroxylation sites is 3. The summed E-state index contributed by atoms with van der Waals surface area (Å²) in [6, 6.07) is 27.7. The van der Waals surface area contributed by atoms with Gasteiger partial charge in [0.1, 0.15) is 17.3 Å². The predicted octanol–water partition coefficient (Wildman–Crippen LogP) is 17.9. The van der Waals surface area contributed by atoms with Crippen LogP contribution >= 0.6 is 0 Å². The smallest absolute Gasteiger partial charge is 0.269 e. The van der Waals surface area contributed by atoms with Gasteiger partial charge in [0.05, 0.1) is 59.5 Å². The normalized spacial score (nSPS) is 17.3. The molecule has 0 amide bonds. The first kappa shape index (κ1) is 37.0. The van der Waals surface area contributed by atoms with Gasteiger partial charge in [0.15, 0.2) is 8.07 Å². The topological polar surface area (TPSA) is 35.9 Å².